The lowest BCUT2D eigenvalue weighted by atomic mass is 9.81. The fourth-order valence-electron chi connectivity index (χ4n) is 2.68. The minimum absolute atomic E-state index is 0.0909. The van der Waals surface area contributed by atoms with Gasteiger partial charge >= 0.3 is 0 Å². The van der Waals surface area contributed by atoms with Crippen LogP contribution in [0.5, 0.6) is 0 Å². The number of aliphatic hydroxyl groups is 1. The summed E-state index contributed by atoms with van der Waals surface area (Å²) in [6, 6.07) is 0. The number of hydrogen-bond donors (Lipinski definition) is 2. The third kappa shape index (κ3) is 4.94. The van der Waals surface area contributed by atoms with Crippen LogP contribution >= 0.6 is 0 Å². The number of aliphatic hydroxyl groups excluding tert-OH is 1. The maximum atomic E-state index is 9.48. The van der Waals surface area contributed by atoms with Crippen molar-refractivity contribution >= 4 is 0 Å². The molecule has 1 saturated carbocycles. The average Bonchev–Trinajstić information content (AvgIpc) is 2.39. The Bertz CT molecular complexity index is 193. The Hall–Kier alpha value is -0.120. The van der Waals surface area contributed by atoms with E-state index in [1.807, 2.05) is 7.05 Å². The quantitative estimate of drug-likeness (QED) is 0.644. The summed E-state index contributed by atoms with van der Waals surface area (Å²) in [4.78, 5) is 0. The highest BCUT2D eigenvalue weighted by molar-refractivity contribution is 4.92. The van der Waals surface area contributed by atoms with Crippen molar-refractivity contribution in [2.75, 3.05) is 20.3 Å². The fraction of sp³-hybridized carbons (Fsp3) is 1.00. The molecule has 3 nitrogen and oxygen atoms in total. The molecule has 0 aliphatic heterocycles. The first-order valence-corrected chi connectivity index (χ1v) is 7.17. The Balaban J connectivity index is 2.20. The van der Waals surface area contributed by atoms with E-state index >= 15 is 0 Å². The Morgan fingerprint density at radius 2 is 2.18 bits per heavy atom. The molecular weight excluding hydrogens is 214 g/mol. The lowest BCUT2D eigenvalue weighted by molar-refractivity contribution is -0.0149. The monoisotopic (exact) mass is 243 g/mol. The van der Waals surface area contributed by atoms with Gasteiger partial charge in [-0.25, -0.2) is 0 Å². The molecule has 1 fully saturated rings. The molecule has 0 aromatic heterocycles. The number of ether oxygens (including phenoxy) is 1. The van der Waals surface area contributed by atoms with Crippen LogP contribution in [0.2, 0.25) is 0 Å². The molecule has 2 atom stereocenters. The third-order valence-corrected chi connectivity index (χ3v) is 3.98. The van der Waals surface area contributed by atoms with Gasteiger partial charge in [0.1, 0.15) is 0 Å². The van der Waals surface area contributed by atoms with Gasteiger partial charge in [-0.3, -0.25) is 0 Å². The van der Waals surface area contributed by atoms with Crippen LogP contribution in [0, 0.1) is 0 Å². The van der Waals surface area contributed by atoms with Gasteiger partial charge in [0.15, 0.2) is 0 Å². The summed E-state index contributed by atoms with van der Waals surface area (Å²) in [6.07, 6.45) is 9.70. The molecule has 2 unspecified atom stereocenters. The van der Waals surface area contributed by atoms with Gasteiger partial charge in [-0.1, -0.05) is 26.2 Å². The summed E-state index contributed by atoms with van der Waals surface area (Å²) in [5.41, 5.74) is -0.0909. The second kappa shape index (κ2) is 8.06. The second-order valence-corrected chi connectivity index (χ2v) is 5.34. The molecular formula is C14H29NO2. The van der Waals surface area contributed by atoms with E-state index in [2.05, 4.69) is 12.2 Å². The molecule has 102 valence electrons. The van der Waals surface area contributed by atoms with E-state index in [1.165, 1.54) is 25.7 Å². The van der Waals surface area contributed by atoms with E-state index in [9.17, 15) is 5.11 Å². The SMILES string of the molecule is CCCCCCOC1CCCC(CO)(NC)C1. The number of hydrogen-bond acceptors (Lipinski definition) is 3. The van der Waals surface area contributed by atoms with Gasteiger partial charge in [0, 0.05) is 12.1 Å². The van der Waals surface area contributed by atoms with E-state index in [-0.39, 0.29) is 12.1 Å². The predicted octanol–water partition coefficient (Wildman–Crippen LogP) is 2.48. The molecule has 1 rings (SSSR count). The minimum atomic E-state index is -0.0909. The van der Waals surface area contributed by atoms with Gasteiger partial charge in [-0.2, -0.15) is 0 Å². The van der Waals surface area contributed by atoms with Crippen LogP contribution in [0.15, 0.2) is 0 Å². The third-order valence-electron chi connectivity index (χ3n) is 3.98. The van der Waals surface area contributed by atoms with Gasteiger partial charge in [-0.15, -0.1) is 0 Å². The average molecular weight is 243 g/mol. The smallest absolute Gasteiger partial charge is 0.0614 e. The van der Waals surface area contributed by atoms with Gasteiger partial charge in [0.2, 0.25) is 0 Å². The molecule has 0 bridgehead atoms. The minimum Gasteiger partial charge on any atom is -0.394 e. The topological polar surface area (TPSA) is 41.5 Å². The lowest BCUT2D eigenvalue weighted by Crippen LogP contribution is -2.51. The van der Waals surface area contributed by atoms with Crippen LogP contribution in [-0.4, -0.2) is 37.0 Å². The first-order valence-electron chi connectivity index (χ1n) is 7.17. The van der Waals surface area contributed by atoms with Crippen molar-refractivity contribution in [3.8, 4) is 0 Å². The zero-order valence-electron chi connectivity index (χ0n) is 11.5. The highest BCUT2D eigenvalue weighted by Gasteiger charge is 2.34. The largest absolute Gasteiger partial charge is 0.394 e. The normalized spacial score (nSPS) is 29.5. The lowest BCUT2D eigenvalue weighted by Gasteiger charge is -2.39. The van der Waals surface area contributed by atoms with Crippen molar-refractivity contribution in [2.24, 2.45) is 0 Å². The zero-order chi connectivity index (χ0) is 12.6. The molecule has 0 aromatic rings. The first-order chi connectivity index (χ1) is 8.26. The highest BCUT2D eigenvalue weighted by atomic mass is 16.5. The molecule has 0 amide bonds. The summed E-state index contributed by atoms with van der Waals surface area (Å²) in [5, 5.41) is 12.8. The fourth-order valence-corrected chi connectivity index (χ4v) is 2.68. The van der Waals surface area contributed by atoms with Crippen molar-refractivity contribution in [1.82, 2.24) is 5.32 Å². The molecule has 0 saturated heterocycles. The molecule has 0 radical (unpaired) electrons. The molecule has 0 spiro atoms. The molecule has 3 heteroatoms. The summed E-state index contributed by atoms with van der Waals surface area (Å²) in [7, 11) is 1.94. The van der Waals surface area contributed by atoms with Crippen molar-refractivity contribution in [1.29, 1.82) is 0 Å². The highest BCUT2D eigenvalue weighted by Crippen LogP contribution is 2.29. The van der Waals surface area contributed by atoms with Crippen LogP contribution in [0.25, 0.3) is 0 Å². The number of likely N-dealkylation sites (N-methyl/N-ethyl adjacent to an activating group) is 1. The Labute approximate surface area is 106 Å². The van der Waals surface area contributed by atoms with Crippen LogP contribution in [0.3, 0.4) is 0 Å². The van der Waals surface area contributed by atoms with E-state index < -0.39 is 0 Å². The Morgan fingerprint density at radius 3 is 2.82 bits per heavy atom. The van der Waals surface area contributed by atoms with Gasteiger partial charge in [-0.05, 0) is 39.2 Å². The van der Waals surface area contributed by atoms with E-state index in [1.54, 1.807) is 0 Å². The molecule has 17 heavy (non-hydrogen) atoms. The molecule has 1 aliphatic rings. The molecule has 2 N–H and O–H groups in total. The van der Waals surface area contributed by atoms with Crippen LogP contribution < -0.4 is 5.32 Å². The predicted molar refractivity (Wildman–Crippen MR) is 71.2 cm³/mol. The molecule has 1 aliphatic carbocycles. The molecule has 0 heterocycles. The van der Waals surface area contributed by atoms with E-state index in [0.717, 1.165) is 32.3 Å². The maximum absolute atomic E-state index is 9.48. The maximum Gasteiger partial charge on any atom is 0.0614 e. The van der Waals surface area contributed by atoms with Crippen LogP contribution in [0.1, 0.15) is 58.3 Å². The summed E-state index contributed by atoms with van der Waals surface area (Å²) in [5.74, 6) is 0. The summed E-state index contributed by atoms with van der Waals surface area (Å²) < 4.78 is 5.94. The number of nitrogens with one attached hydrogen (secondary N) is 1. The Morgan fingerprint density at radius 1 is 1.35 bits per heavy atom. The summed E-state index contributed by atoms with van der Waals surface area (Å²) >= 11 is 0. The van der Waals surface area contributed by atoms with Crippen LogP contribution in [0.4, 0.5) is 0 Å². The first kappa shape index (κ1) is 14.9. The molecule has 0 aromatic carbocycles. The van der Waals surface area contributed by atoms with Crippen LogP contribution in [-0.2, 0) is 4.74 Å². The van der Waals surface area contributed by atoms with Gasteiger partial charge in [0.05, 0.1) is 12.7 Å². The number of unbranched alkanes of at least 4 members (excludes halogenated alkanes) is 3. The van der Waals surface area contributed by atoms with Crippen molar-refractivity contribution in [3.63, 3.8) is 0 Å². The van der Waals surface area contributed by atoms with E-state index in [0.29, 0.717) is 6.10 Å². The number of rotatable bonds is 8. The van der Waals surface area contributed by atoms with Crippen molar-refractivity contribution in [3.05, 3.63) is 0 Å². The zero-order valence-corrected chi connectivity index (χ0v) is 11.5. The van der Waals surface area contributed by atoms with Gasteiger partial charge in [0.25, 0.3) is 0 Å². The Kier molecular flexibility index (Phi) is 7.09. The summed E-state index contributed by atoms with van der Waals surface area (Å²) in [6.45, 7) is 3.33. The van der Waals surface area contributed by atoms with Crippen molar-refractivity contribution in [2.45, 2.75) is 69.9 Å². The second-order valence-electron chi connectivity index (χ2n) is 5.34. The van der Waals surface area contributed by atoms with Crippen molar-refractivity contribution < 1.29 is 9.84 Å². The van der Waals surface area contributed by atoms with Gasteiger partial charge < -0.3 is 15.2 Å². The van der Waals surface area contributed by atoms with E-state index in [4.69, 9.17) is 4.74 Å². The standard InChI is InChI=1S/C14H29NO2/c1-3-4-5-6-10-17-13-8-7-9-14(11-13,12-16)15-2/h13,15-16H,3-12H2,1-2H3.